The van der Waals surface area contributed by atoms with Gasteiger partial charge in [0, 0.05) is 39.0 Å². The molecule has 2 heterocycles. The molecule has 0 spiro atoms. The number of hydrogen-bond donors (Lipinski definition) is 1. The molecule has 7 heteroatoms. The van der Waals surface area contributed by atoms with Gasteiger partial charge in [-0.2, -0.15) is 0 Å². The number of piperidine rings is 1. The van der Waals surface area contributed by atoms with Gasteiger partial charge in [-0.3, -0.25) is 18.7 Å². The zero-order chi connectivity index (χ0) is 14.7. The highest BCUT2D eigenvalue weighted by Gasteiger charge is 2.23. The number of aliphatic hydroxyl groups excluding tert-OH is 1. The molecule has 0 saturated carbocycles. The van der Waals surface area contributed by atoms with Crippen molar-refractivity contribution in [2.24, 2.45) is 13.0 Å². The number of hydrogen-bond acceptors (Lipinski definition) is 4. The van der Waals surface area contributed by atoms with Crippen molar-refractivity contribution < 1.29 is 9.90 Å². The first-order valence-electron chi connectivity index (χ1n) is 6.68. The van der Waals surface area contributed by atoms with Crippen LogP contribution in [0.15, 0.2) is 21.9 Å². The maximum atomic E-state index is 12.2. The van der Waals surface area contributed by atoms with E-state index in [0.717, 1.165) is 17.4 Å². The molecule has 1 N–H and O–H groups in total. The summed E-state index contributed by atoms with van der Waals surface area (Å²) in [5.74, 6) is -0.0477. The van der Waals surface area contributed by atoms with E-state index in [4.69, 9.17) is 5.11 Å². The van der Waals surface area contributed by atoms with Crippen LogP contribution >= 0.6 is 0 Å². The maximum Gasteiger partial charge on any atom is 0.331 e. The number of carbonyl (C=O) groups is 1. The summed E-state index contributed by atoms with van der Waals surface area (Å²) in [7, 11) is 1.38. The Hall–Kier alpha value is -1.89. The molecule has 110 valence electrons. The largest absolute Gasteiger partial charge is 0.396 e. The Morgan fingerprint density at radius 3 is 2.90 bits per heavy atom. The fourth-order valence-electron chi connectivity index (χ4n) is 2.42. The van der Waals surface area contributed by atoms with Crippen LogP contribution in [0, 0.1) is 5.92 Å². The van der Waals surface area contributed by atoms with Crippen molar-refractivity contribution in [3.63, 3.8) is 0 Å². The Bertz CT molecular complexity index is 604. The lowest BCUT2D eigenvalue weighted by Gasteiger charge is -2.32. The van der Waals surface area contributed by atoms with E-state index in [0.29, 0.717) is 13.1 Å². The van der Waals surface area contributed by atoms with Gasteiger partial charge < -0.3 is 10.0 Å². The number of carbonyl (C=O) groups excluding carboxylic acids is 1. The lowest BCUT2D eigenvalue weighted by atomic mass is 9.99. The van der Waals surface area contributed by atoms with Gasteiger partial charge in [0.15, 0.2) is 0 Å². The van der Waals surface area contributed by atoms with Crippen LogP contribution in [0.25, 0.3) is 0 Å². The first-order chi connectivity index (χ1) is 9.52. The number of nitrogens with zero attached hydrogens (tertiary/aromatic N) is 3. The van der Waals surface area contributed by atoms with Crippen LogP contribution < -0.4 is 11.2 Å². The minimum Gasteiger partial charge on any atom is -0.396 e. The van der Waals surface area contributed by atoms with Crippen LogP contribution in [-0.4, -0.2) is 44.7 Å². The molecule has 2 rings (SSSR count). The van der Waals surface area contributed by atoms with Crippen LogP contribution in [0.5, 0.6) is 0 Å². The average molecular weight is 281 g/mol. The van der Waals surface area contributed by atoms with Gasteiger partial charge in [-0.25, -0.2) is 4.79 Å². The standard InChI is InChI=1S/C13H19N3O4/c1-14-11(18)4-6-16(13(14)20)8-12(19)15-5-2-3-10(7-15)9-17/h4,6,10,17H,2-3,5,7-9H2,1H3. The number of aromatic nitrogens is 2. The normalized spacial score (nSPS) is 19.1. The van der Waals surface area contributed by atoms with Crippen molar-refractivity contribution >= 4 is 5.91 Å². The molecule has 0 aliphatic carbocycles. The summed E-state index contributed by atoms with van der Waals surface area (Å²) in [6, 6.07) is 1.27. The van der Waals surface area contributed by atoms with Crippen LogP contribution in [0.2, 0.25) is 0 Å². The van der Waals surface area contributed by atoms with E-state index >= 15 is 0 Å². The first-order valence-corrected chi connectivity index (χ1v) is 6.68. The van der Waals surface area contributed by atoms with Crippen molar-refractivity contribution in [3.8, 4) is 0 Å². The maximum absolute atomic E-state index is 12.2. The van der Waals surface area contributed by atoms with Crippen molar-refractivity contribution in [2.45, 2.75) is 19.4 Å². The molecular formula is C13H19N3O4. The number of likely N-dealkylation sites (tertiary alicyclic amines) is 1. The minimum atomic E-state index is -0.499. The third-order valence-electron chi connectivity index (χ3n) is 3.70. The van der Waals surface area contributed by atoms with Crippen LogP contribution in [0.4, 0.5) is 0 Å². The molecule has 1 saturated heterocycles. The van der Waals surface area contributed by atoms with Crippen molar-refractivity contribution in [1.82, 2.24) is 14.0 Å². The Balaban J connectivity index is 2.10. The molecule has 1 atom stereocenters. The third kappa shape index (κ3) is 2.98. The predicted octanol–water partition coefficient (Wildman–Crippen LogP) is -1.22. The molecule has 1 aliphatic rings. The van der Waals surface area contributed by atoms with Gasteiger partial charge >= 0.3 is 5.69 Å². The second-order valence-electron chi connectivity index (χ2n) is 5.15. The lowest BCUT2D eigenvalue weighted by Crippen LogP contribution is -2.45. The van der Waals surface area contributed by atoms with Crippen LogP contribution in [0.1, 0.15) is 12.8 Å². The first kappa shape index (κ1) is 14.5. The van der Waals surface area contributed by atoms with Gasteiger partial charge in [0.05, 0.1) is 0 Å². The number of rotatable bonds is 3. The molecule has 1 aromatic heterocycles. The smallest absolute Gasteiger partial charge is 0.331 e. The lowest BCUT2D eigenvalue weighted by molar-refractivity contribution is -0.134. The fourth-order valence-corrected chi connectivity index (χ4v) is 2.42. The zero-order valence-corrected chi connectivity index (χ0v) is 11.5. The SMILES string of the molecule is Cn1c(=O)ccn(CC(=O)N2CCCC(CO)C2)c1=O. The summed E-state index contributed by atoms with van der Waals surface area (Å²) in [5, 5.41) is 9.16. The molecule has 1 unspecified atom stereocenters. The van der Waals surface area contributed by atoms with E-state index in [1.54, 1.807) is 4.90 Å². The Labute approximate surface area is 116 Å². The molecule has 20 heavy (non-hydrogen) atoms. The van der Waals surface area contributed by atoms with Crippen molar-refractivity contribution in [1.29, 1.82) is 0 Å². The van der Waals surface area contributed by atoms with E-state index < -0.39 is 11.2 Å². The second-order valence-corrected chi connectivity index (χ2v) is 5.15. The van der Waals surface area contributed by atoms with Gasteiger partial charge in [-0.05, 0) is 18.8 Å². The van der Waals surface area contributed by atoms with E-state index in [-0.39, 0.29) is 25.0 Å². The van der Waals surface area contributed by atoms with Crippen LogP contribution in [0.3, 0.4) is 0 Å². The summed E-state index contributed by atoms with van der Waals surface area (Å²) in [5.41, 5.74) is -0.890. The zero-order valence-electron chi connectivity index (χ0n) is 11.5. The van der Waals surface area contributed by atoms with Gasteiger partial charge in [-0.15, -0.1) is 0 Å². The van der Waals surface area contributed by atoms with E-state index in [1.807, 2.05) is 0 Å². The van der Waals surface area contributed by atoms with E-state index in [1.165, 1.54) is 23.9 Å². The topological polar surface area (TPSA) is 84.5 Å². The Kier molecular flexibility index (Phi) is 4.39. The van der Waals surface area contributed by atoms with Gasteiger partial charge in [-0.1, -0.05) is 0 Å². The van der Waals surface area contributed by atoms with Crippen molar-refractivity contribution in [2.75, 3.05) is 19.7 Å². The predicted molar refractivity (Wildman–Crippen MR) is 72.3 cm³/mol. The number of amides is 1. The average Bonchev–Trinajstić information content (AvgIpc) is 2.48. The summed E-state index contributed by atoms with van der Waals surface area (Å²) in [6.07, 6.45) is 3.12. The molecule has 1 aliphatic heterocycles. The third-order valence-corrected chi connectivity index (χ3v) is 3.70. The van der Waals surface area contributed by atoms with Gasteiger partial charge in [0.2, 0.25) is 5.91 Å². The second kappa shape index (κ2) is 6.04. The molecule has 7 nitrogen and oxygen atoms in total. The fraction of sp³-hybridized carbons (Fsp3) is 0.615. The number of aliphatic hydroxyl groups is 1. The van der Waals surface area contributed by atoms with Crippen molar-refractivity contribution in [3.05, 3.63) is 33.1 Å². The monoisotopic (exact) mass is 281 g/mol. The summed E-state index contributed by atoms with van der Waals surface area (Å²) >= 11 is 0. The molecule has 1 amide bonds. The molecule has 0 aromatic carbocycles. The van der Waals surface area contributed by atoms with Gasteiger partial charge in [0.25, 0.3) is 5.56 Å². The Morgan fingerprint density at radius 1 is 1.45 bits per heavy atom. The minimum absolute atomic E-state index is 0.0730. The molecule has 0 bridgehead atoms. The summed E-state index contributed by atoms with van der Waals surface area (Å²) < 4.78 is 2.20. The van der Waals surface area contributed by atoms with E-state index in [9.17, 15) is 14.4 Å². The summed E-state index contributed by atoms with van der Waals surface area (Å²) in [4.78, 5) is 37.0. The van der Waals surface area contributed by atoms with Crippen LogP contribution in [-0.2, 0) is 18.4 Å². The van der Waals surface area contributed by atoms with E-state index in [2.05, 4.69) is 0 Å². The molecule has 1 fully saturated rings. The highest BCUT2D eigenvalue weighted by Crippen LogP contribution is 2.15. The molecule has 1 aromatic rings. The molecular weight excluding hydrogens is 262 g/mol. The quantitative estimate of drug-likeness (QED) is 0.752. The molecule has 0 radical (unpaired) electrons. The highest BCUT2D eigenvalue weighted by atomic mass is 16.3. The van der Waals surface area contributed by atoms with Gasteiger partial charge in [0.1, 0.15) is 6.54 Å². The Morgan fingerprint density at radius 2 is 2.20 bits per heavy atom. The summed E-state index contributed by atoms with van der Waals surface area (Å²) in [6.45, 7) is 1.17. The highest BCUT2D eigenvalue weighted by molar-refractivity contribution is 5.76.